The number of amides is 3. The zero-order valence-electron chi connectivity index (χ0n) is 15.3. The molecule has 0 fully saturated rings. The molecule has 0 aromatic heterocycles. The molecule has 1 N–H and O–H groups in total. The summed E-state index contributed by atoms with van der Waals surface area (Å²) >= 11 is 5.83. The number of hydroxylamine groups is 2. The summed E-state index contributed by atoms with van der Waals surface area (Å²) < 4.78 is 0. The van der Waals surface area contributed by atoms with Crippen LogP contribution in [0.15, 0.2) is 72.8 Å². The molecule has 148 valence electrons. The second-order valence-corrected chi connectivity index (χ2v) is 6.77. The molecular formula is C22H13ClN2O5. The molecule has 1 aliphatic heterocycles. The molecule has 1 aliphatic rings. The molecule has 0 atom stereocenters. The minimum atomic E-state index is -0.962. The Kier molecular flexibility index (Phi) is 5.04. The molecule has 0 spiro atoms. The molecule has 3 aromatic rings. The topological polar surface area (TPSA) is 92.8 Å². The Morgan fingerprint density at radius 2 is 1.37 bits per heavy atom. The number of anilines is 1. The lowest BCUT2D eigenvalue weighted by Gasteiger charge is -2.15. The highest BCUT2D eigenvalue weighted by Gasteiger charge is 2.39. The van der Waals surface area contributed by atoms with Crippen molar-refractivity contribution in [2.75, 3.05) is 5.32 Å². The zero-order valence-corrected chi connectivity index (χ0v) is 16.1. The number of fused-ring (bicyclic) bond motifs is 1. The molecule has 30 heavy (non-hydrogen) atoms. The summed E-state index contributed by atoms with van der Waals surface area (Å²) in [6.45, 7) is 0. The fourth-order valence-corrected chi connectivity index (χ4v) is 3.07. The van der Waals surface area contributed by atoms with Crippen molar-refractivity contribution in [1.29, 1.82) is 0 Å². The van der Waals surface area contributed by atoms with E-state index in [1.54, 1.807) is 36.4 Å². The molecule has 0 saturated carbocycles. The Bertz CT molecular complexity index is 1160. The maximum Gasteiger partial charge on any atom is 0.366 e. The highest BCUT2D eigenvalue weighted by molar-refractivity contribution is 6.30. The van der Waals surface area contributed by atoms with Crippen molar-refractivity contribution in [3.63, 3.8) is 0 Å². The van der Waals surface area contributed by atoms with E-state index in [4.69, 9.17) is 16.4 Å². The van der Waals surface area contributed by atoms with Crippen molar-refractivity contribution in [2.24, 2.45) is 0 Å². The Balaban J connectivity index is 1.55. The van der Waals surface area contributed by atoms with Crippen LogP contribution in [0.2, 0.25) is 5.02 Å². The quantitative estimate of drug-likeness (QED) is 0.645. The van der Waals surface area contributed by atoms with Crippen LogP contribution in [0.3, 0.4) is 0 Å². The Morgan fingerprint density at radius 1 is 0.800 bits per heavy atom. The zero-order chi connectivity index (χ0) is 21.3. The first-order valence-electron chi connectivity index (χ1n) is 8.82. The van der Waals surface area contributed by atoms with Crippen LogP contribution in [0.5, 0.6) is 0 Å². The van der Waals surface area contributed by atoms with E-state index >= 15 is 0 Å². The summed E-state index contributed by atoms with van der Waals surface area (Å²) in [5.41, 5.74) is 0.789. The number of nitrogens with one attached hydrogen (secondary N) is 1. The average Bonchev–Trinajstić information content (AvgIpc) is 2.99. The molecule has 3 aromatic carbocycles. The van der Waals surface area contributed by atoms with Crippen molar-refractivity contribution in [3.8, 4) is 0 Å². The average molecular weight is 421 g/mol. The summed E-state index contributed by atoms with van der Waals surface area (Å²) in [5.74, 6) is -2.89. The highest BCUT2D eigenvalue weighted by Crippen LogP contribution is 2.25. The molecular weight excluding hydrogens is 408 g/mol. The third-order valence-electron chi connectivity index (χ3n) is 4.43. The fraction of sp³-hybridized carbons (Fsp3) is 0. The van der Waals surface area contributed by atoms with E-state index < -0.39 is 23.7 Å². The van der Waals surface area contributed by atoms with Crippen molar-refractivity contribution >= 4 is 41.0 Å². The first kappa shape index (κ1) is 19.4. The van der Waals surface area contributed by atoms with Gasteiger partial charge in [0.1, 0.15) is 0 Å². The van der Waals surface area contributed by atoms with Gasteiger partial charge in [0.05, 0.1) is 22.4 Å². The lowest BCUT2D eigenvalue weighted by Crippen LogP contribution is -2.33. The van der Waals surface area contributed by atoms with Gasteiger partial charge in [0.25, 0.3) is 17.7 Å². The number of carbonyl (C=O) groups excluding carboxylic acids is 4. The number of halogens is 1. The summed E-state index contributed by atoms with van der Waals surface area (Å²) in [4.78, 5) is 55.0. The molecule has 0 saturated heterocycles. The number of hydrogen-bond acceptors (Lipinski definition) is 5. The second-order valence-electron chi connectivity index (χ2n) is 6.34. The lowest BCUT2D eigenvalue weighted by atomic mass is 10.1. The maximum absolute atomic E-state index is 12.7. The van der Waals surface area contributed by atoms with E-state index in [0.717, 1.165) is 0 Å². The molecule has 0 unspecified atom stereocenters. The minimum Gasteiger partial charge on any atom is -0.324 e. The van der Waals surface area contributed by atoms with Crippen LogP contribution in [0, 0.1) is 0 Å². The monoisotopic (exact) mass is 420 g/mol. The van der Waals surface area contributed by atoms with Gasteiger partial charge in [-0.3, -0.25) is 14.4 Å². The van der Waals surface area contributed by atoms with E-state index in [1.165, 1.54) is 36.4 Å². The molecule has 0 radical (unpaired) electrons. The van der Waals surface area contributed by atoms with Crippen molar-refractivity contribution in [3.05, 3.63) is 100 Å². The number of para-hydroxylation sites is 1. The van der Waals surface area contributed by atoms with Crippen LogP contribution in [0.25, 0.3) is 0 Å². The highest BCUT2D eigenvalue weighted by atomic mass is 35.5. The third kappa shape index (κ3) is 3.54. The summed E-state index contributed by atoms with van der Waals surface area (Å²) in [7, 11) is 0. The molecule has 0 bridgehead atoms. The summed E-state index contributed by atoms with van der Waals surface area (Å²) in [6, 6.07) is 18.5. The smallest absolute Gasteiger partial charge is 0.324 e. The number of imide groups is 1. The number of nitrogens with zero attached hydrogens (tertiary/aromatic N) is 1. The van der Waals surface area contributed by atoms with Crippen molar-refractivity contribution in [1.82, 2.24) is 5.06 Å². The Hall–Kier alpha value is -3.97. The number of rotatable bonds is 4. The minimum absolute atomic E-state index is 0.0173. The fourth-order valence-electron chi connectivity index (χ4n) is 2.95. The van der Waals surface area contributed by atoms with E-state index in [-0.39, 0.29) is 22.4 Å². The number of benzene rings is 3. The molecule has 8 heteroatoms. The SMILES string of the molecule is O=C(Nc1ccccc1C(=O)ON1C(=O)c2ccccc2C1=O)c1ccc(Cl)cc1. The van der Waals surface area contributed by atoms with E-state index in [2.05, 4.69) is 5.32 Å². The lowest BCUT2D eigenvalue weighted by molar-refractivity contribution is -0.0583. The Morgan fingerprint density at radius 3 is 2.00 bits per heavy atom. The first-order valence-corrected chi connectivity index (χ1v) is 9.19. The van der Waals surface area contributed by atoms with Crippen LogP contribution in [-0.2, 0) is 4.84 Å². The normalized spacial score (nSPS) is 12.5. The van der Waals surface area contributed by atoms with Gasteiger partial charge >= 0.3 is 5.97 Å². The standard InChI is InChI=1S/C22H13ClN2O5/c23-14-11-9-13(10-12-14)19(26)24-18-8-4-3-7-17(18)22(29)30-25-20(27)15-5-1-2-6-16(15)21(25)28/h1-12H,(H,24,26). The molecule has 4 rings (SSSR count). The Labute approximate surface area is 175 Å². The van der Waals surface area contributed by atoms with E-state index in [1.807, 2.05) is 0 Å². The maximum atomic E-state index is 12.7. The van der Waals surface area contributed by atoms with Gasteiger partial charge in [-0.2, -0.15) is 0 Å². The molecule has 1 heterocycles. The molecule has 7 nitrogen and oxygen atoms in total. The van der Waals surface area contributed by atoms with Gasteiger partial charge in [-0.25, -0.2) is 4.79 Å². The van der Waals surface area contributed by atoms with Crippen LogP contribution in [0.4, 0.5) is 5.69 Å². The molecule has 0 aliphatic carbocycles. The van der Waals surface area contributed by atoms with Gasteiger partial charge in [-0.05, 0) is 48.5 Å². The van der Waals surface area contributed by atoms with Crippen molar-refractivity contribution in [2.45, 2.75) is 0 Å². The van der Waals surface area contributed by atoms with E-state index in [9.17, 15) is 19.2 Å². The van der Waals surface area contributed by atoms with Crippen LogP contribution >= 0.6 is 11.6 Å². The predicted octanol–water partition coefficient (Wildman–Crippen LogP) is 3.96. The van der Waals surface area contributed by atoms with Gasteiger partial charge in [-0.1, -0.05) is 40.9 Å². The van der Waals surface area contributed by atoms with Crippen LogP contribution in [-0.4, -0.2) is 28.8 Å². The van der Waals surface area contributed by atoms with Crippen molar-refractivity contribution < 1.29 is 24.0 Å². The predicted molar refractivity (Wildman–Crippen MR) is 108 cm³/mol. The van der Waals surface area contributed by atoms with Gasteiger partial charge in [0.15, 0.2) is 0 Å². The van der Waals surface area contributed by atoms with Gasteiger partial charge in [-0.15, -0.1) is 0 Å². The first-order chi connectivity index (χ1) is 14.5. The number of hydrogen-bond donors (Lipinski definition) is 1. The number of carbonyl (C=O) groups is 4. The summed E-state index contributed by atoms with van der Waals surface area (Å²) in [6.07, 6.45) is 0. The van der Waals surface area contributed by atoms with Gasteiger partial charge in [0, 0.05) is 10.6 Å². The third-order valence-corrected chi connectivity index (χ3v) is 4.68. The van der Waals surface area contributed by atoms with Gasteiger partial charge in [0.2, 0.25) is 0 Å². The largest absolute Gasteiger partial charge is 0.366 e. The van der Waals surface area contributed by atoms with Crippen LogP contribution < -0.4 is 5.32 Å². The second kappa shape index (κ2) is 7.81. The summed E-state index contributed by atoms with van der Waals surface area (Å²) in [5, 5.41) is 3.52. The van der Waals surface area contributed by atoms with E-state index in [0.29, 0.717) is 15.6 Å². The van der Waals surface area contributed by atoms with Gasteiger partial charge < -0.3 is 10.2 Å². The van der Waals surface area contributed by atoms with Crippen LogP contribution in [0.1, 0.15) is 41.4 Å². The molecule has 3 amide bonds.